The Morgan fingerprint density at radius 3 is 2.56 bits per heavy atom. The SMILES string of the molecule is C=C/C=C(C)\C=C/C.CC.CCCC1CC(C)OC(=O)[C@@H](N)CCO1. The van der Waals surface area contributed by atoms with E-state index in [1.807, 2.05) is 52.8 Å². The van der Waals surface area contributed by atoms with E-state index >= 15 is 0 Å². The monoisotopic (exact) mass is 353 g/mol. The smallest absolute Gasteiger partial charge is 0.323 e. The van der Waals surface area contributed by atoms with Gasteiger partial charge in [0, 0.05) is 13.0 Å². The molecule has 1 rings (SSSR count). The molecule has 1 aliphatic heterocycles. The van der Waals surface area contributed by atoms with Crippen LogP contribution in [0.2, 0.25) is 0 Å². The lowest BCUT2D eigenvalue weighted by molar-refractivity contribution is -0.150. The van der Waals surface area contributed by atoms with Crippen LogP contribution in [-0.2, 0) is 14.3 Å². The molecule has 146 valence electrons. The molecule has 0 radical (unpaired) electrons. The summed E-state index contributed by atoms with van der Waals surface area (Å²) in [4.78, 5) is 11.4. The van der Waals surface area contributed by atoms with Gasteiger partial charge in [-0.05, 0) is 33.6 Å². The standard InChI is InChI=1S/C11H21NO3.C8H12.C2H6/c1-3-4-9-7-8(2)15-11(13)10(12)5-6-14-9;1-4-6-8(3)7-5-2;1-2/h8-10H,3-7,12H2,1-2H3;4-7H,1H2,2-3H3;1-2H3/b;7-5-,8-6-;/t8?,9?,10-;;/m0../s1. The molecule has 2 N–H and O–H groups in total. The topological polar surface area (TPSA) is 61.5 Å². The Hall–Kier alpha value is -1.39. The summed E-state index contributed by atoms with van der Waals surface area (Å²) in [5.74, 6) is -0.303. The van der Waals surface area contributed by atoms with Gasteiger partial charge in [-0.1, -0.05) is 63.6 Å². The molecule has 0 bridgehead atoms. The van der Waals surface area contributed by atoms with Gasteiger partial charge in [-0.25, -0.2) is 0 Å². The molecule has 4 heteroatoms. The van der Waals surface area contributed by atoms with Gasteiger partial charge in [-0.15, -0.1) is 0 Å². The van der Waals surface area contributed by atoms with E-state index in [0.29, 0.717) is 13.0 Å². The highest BCUT2D eigenvalue weighted by atomic mass is 16.5. The van der Waals surface area contributed by atoms with Crippen molar-refractivity contribution in [3.63, 3.8) is 0 Å². The fraction of sp³-hybridized carbons (Fsp3) is 0.667. The van der Waals surface area contributed by atoms with Crippen molar-refractivity contribution in [1.82, 2.24) is 0 Å². The zero-order chi connectivity index (χ0) is 19.7. The maximum atomic E-state index is 11.4. The molecular weight excluding hydrogens is 314 g/mol. The van der Waals surface area contributed by atoms with Crippen LogP contribution in [0.5, 0.6) is 0 Å². The number of allylic oxidation sites excluding steroid dienone is 5. The molecule has 1 fully saturated rings. The number of esters is 1. The number of ether oxygens (including phenoxy) is 2. The van der Waals surface area contributed by atoms with Crippen molar-refractivity contribution in [1.29, 1.82) is 0 Å². The first-order chi connectivity index (χ1) is 11.9. The summed E-state index contributed by atoms with van der Waals surface area (Å²) in [6.45, 7) is 16.2. The van der Waals surface area contributed by atoms with Gasteiger partial charge in [0.05, 0.1) is 6.10 Å². The first-order valence-corrected chi connectivity index (χ1v) is 9.44. The zero-order valence-electron chi connectivity index (χ0n) is 17.1. The van der Waals surface area contributed by atoms with Crippen molar-refractivity contribution in [3.8, 4) is 0 Å². The highest BCUT2D eigenvalue weighted by molar-refractivity contribution is 5.75. The fourth-order valence-electron chi connectivity index (χ4n) is 2.28. The predicted molar refractivity (Wildman–Crippen MR) is 108 cm³/mol. The lowest BCUT2D eigenvalue weighted by atomic mass is 10.1. The zero-order valence-corrected chi connectivity index (χ0v) is 17.1. The molecule has 0 aromatic carbocycles. The molecule has 0 aromatic heterocycles. The van der Waals surface area contributed by atoms with E-state index in [9.17, 15) is 4.79 Å². The number of hydrogen-bond acceptors (Lipinski definition) is 4. The first kappa shape index (κ1) is 25.8. The Kier molecular flexibility index (Phi) is 18.0. The number of carbonyl (C=O) groups excluding carboxylic acids is 1. The molecule has 0 aromatic rings. The molecule has 0 amide bonds. The third kappa shape index (κ3) is 14.6. The molecule has 1 aliphatic rings. The van der Waals surface area contributed by atoms with E-state index < -0.39 is 6.04 Å². The van der Waals surface area contributed by atoms with Gasteiger partial charge in [0.15, 0.2) is 0 Å². The Bertz CT molecular complexity index is 402. The van der Waals surface area contributed by atoms with E-state index in [1.54, 1.807) is 6.08 Å². The third-order valence-electron chi connectivity index (χ3n) is 3.42. The summed E-state index contributed by atoms with van der Waals surface area (Å²) in [6.07, 6.45) is 11.3. The maximum absolute atomic E-state index is 11.4. The van der Waals surface area contributed by atoms with E-state index in [1.165, 1.54) is 5.57 Å². The molecule has 4 nitrogen and oxygen atoms in total. The number of hydrogen-bond donors (Lipinski definition) is 1. The van der Waals surface area contributed by atoms with E-state index in [4.69, 9.17) is 15.2 Å². The normalized spacial score (nSPS) is 24.5. The van der Waals surface area contributed by atoms with Crippen LogP contribution in [0.25, 0.3) is 0 Å². The molecule has 25 heavy (non-hydrogen) atoms. The predicted octanol–water partition coefficient (Wildman–Crippen LogP) is 4.95. The molecule has 3 atom stereocenters. The minimum absolute atomic E-state index is 0.0989. The van der Waals surface area contributed by atoms with Gasteiger partial charge in [-0.2, -0.15) is 0 Å². The van der Waals surface area contributed by atoms with Gasteiger partial charge >= 0.3 is 5.97 Å². The van der Waals surface area contributed by atoms with Gasteiger partial charge in [0.2, 0.25) is 0 Å². The lowest BCUT2D eigenvalue weighted by Crippen LogP contribution is -2.34. The summed E-state index contributed by atoms with van der Waals surface area (Å²) >= 11 is 0. The second-order valence-electron chi connectivity index (χ2n) is 5.81. The van der Waals surface area contributed by atoms with Crippen molar-refractivity contribution in [3.05, 3.63) is 36.5 Å². The van der Waals surface area contributed by atoms with Gasteiger partial charge in [0.25, 0.3) is 0 Å². The summed E-state index contributed by atoms with van der Waals surface area (Å²) in [5.41, 5.74) is 6.88. The maximum Gasteiger partial charge on any atom is 0.323 e. The van der Waals surface area contributed by atoms with Crippen LogP contribution < -0.4 is 5.73 Å². The molecular formula is C21H39NO3. The molecule has 0 spiro atoms. The van der Waals surface area contributed by atoms with Crippen LogP contribution in [0.4, 0.5) is 0 Å². The van der Waals surface area contributed by atoms with E-state index in [-0.39, 0.29) is 18.2 Å². The molecule has 0 saturated carbocycles. The third-order valence-corrected chi connectivity index (χ3v) is 3.42. The Balaban J connectivity index is 0. The Morgan fingerprint density at radius 1 is 1.40 bits per heavy atom. The largest absolute Gasteiger partial charge is 0.461 e. The molecule has 0 aliphatic carbocycles. The van der Waals surface area contributed by atoms with Crippen molar-refractivity contribution < 1.29 is 14.3 Å². The fourth-order valence-corrected chi connectivity index (χ4v) is 2.28. The molecule has 1 saturated heterocycles. The second kappa shape index (κ2) is 17.4. The Morgan fingerprint density at radius 2 is 2.04 bits per heavy atom. The van der Waals surface area contributed by atoms with Crippen LogP contribution in [-0.4, -0.2) is 30.8 Å². The lowest BCUT2D eigenvalue weighted by Gasteiger charge is -2.19. The minimum atomic E-state index is -0.534. The summed E-state index contributed by atoms with van der Waals surface area (Å²) < 4.78 is 10.9. The number of nitrogens with two attached hydrogens (primary N) is 1. The summed E-state index contributed by atoms with van der Waals surface area (Å²) in [6, 6.07) is -0.534. The van der Waals surface area contributed by atoms with Crippen molar-refractivity contribution in [2.45, 2.75) is 85.5 Å². The van der Waals surface area contributed by atoms with E-state index in [0.717, 1.165) is 19.3 Å². The van der Waals surface area contributed by atoms with E-state index in [2.05, 4.69) is 13.5 Å². The van der Waals surface area contributed by atoms with Crippen LogP contribution >= 0.6 is 0 Å². The minimum Gasteiger partial charge on any atom is -0.461 e. The van der Waals surface area contributed by atoms with Crippen LogP contribution in [0.3, 0.4) is 0 Å². The van der Waals surface area contributed by atoms with Gasteiger partial charge < -0.3 is 15.2 Å². The van der Waals surface area contributed by atoms with Crippen molar-refractivity contribution in [2.75, 3.05) is 6.61 Å². The summed E-state index contributed by atoms with van der Waals surface area (Å²) in [7, 11) is 0. The first-order valence-electron chi connectivity index (χ1n) is 9.44. The Labute approximate surface area is 155 Å². The average Bonchev–Trinajstić information content (AvgIpc) is 2.62. The van der Waals surface area contributed by atoms with Crippen molar-refractivity contribution in [2.24, 2.45) is 5.73 Å². The van der Waals surface area contributed by atoms with Crippen LogP contribution in [0.1, 0.15) is 67.2 Å². The average molecular weight is 354 g/mol. The highest BCUT2D eigenvalue weighted by Gasteiger charge is 2.23. The van der Waals surface area contributed by atoms with Crippen LogP contribution in [0, 0.1) is 0 Å². The molecule has 1 heterocycles. The van der Waals surface area contributed by atoms with Crippen molar-refractivity contribution >= 4 is 5.97 Å². The quantitative estimate of drug-likeness (QED) is 0.574. The van der Waals surface area contributed by atoms with Gasteiger partial charge in [-0.3, -0.25) is 4.79 Å². The van der Waals surface area contributed by atoms with Crippen LogP contribution in [0.15, 0.2) is 36.5 Å². The number of carbonyl (C=O) groups is 1. The highest BCUT2D eigenvalue weighted by Crippen LogP contribution is 2.15. The summed E-state index contributed by atoms with van der Waals surface area (Å²) in [5, 5.41) is 0. The van der Waals surface area contributed by atoms with Gasteiger partial charge in [0.1, 0.15) is 12.1 Å². The second-order valence-corrected chi connectivity index (χ2v) is 5.81. The number of rotatable bonds is 4. The molecule has 2 unspecified atom stereocenters. The number of cyclic esters (lactones) is 1.